The number of nitro benzene ring substituents is 1. The molecule has 32 heavy (non-hydrogen) atoms. The molecular weight excluding hydrogens is 544 g/mol. The summed E-state index contributed by atoms with van der Waals surface area (Å²) < 4.78 is 1.63. The summed E-state index contributed by atoms with van der Waals surface area (Å²) >= 11 is 6.73. The van der Waals surface area contributed by atoms with Crippen molar-refractivity contribution in [2.24, 2.45) is 0 Å². The number of aliphatic hydroxyl groups excluding tert-OH is 1. The SMILES string of the molecule is O=C1C(=O)N(c2ccc(Br)cc2)C(c2ccc(Br)cc2)/C1=C(\O)c1ccc([N+](=O)[O-])cc1. The maximum atomic E-state index is 13.1. The van der Waals surface area contributed by atoms with Crippen LogP contribution in [0.25, 0.3) is 5.76 Å². The average molecular weight is 558 g/mol. The molecule has 1 N–H and O–H groups in total. The molecule has 1 aliphatic rings. The first-order chi connectivity index (χ1) is 15.3. The van der Waals surface area contributed by atoms with E-state index in [9.17, 15) is 24.8 Å². The van der Waals surface area contributed by atoms with Crippen molar-refractivity contribution in [3.8, 4) is 0 Å². The Kier molecular flexibility index (Phi) is 5.94. The summed E-state index contributed by atoms with van der Waals surface area (Å²) in [5.74, 6) is -2.01. The van der Waals surface area contributed by atoms with Gasteiger partial charge in [0.05, 0.1) is 16.5 Å². The summed E-state index contributed by atoms with van der Waals surface area (Å²) in [6, 6.07) is 18.3. The minimum atomic E-state index is -0.875. The van der Waals surface area contributed by atoms with Gasteiger partial charge in [0, 0.05) is 32.3 Å². The van der Waals surface area contributed by atoms with Crippen molar-refractivity contribution in [2.75, 3.05) is 4.90 Å². The molecule has 160 valence electrons. The highest BCUT2D eigenvalue weighted by Crippen LogP contribution is 2.42. The molecule has 0 radical (unpaired) electrons. The Balaban J connectivity index is 1.90. The number of carbonyl (C=O) groups is 2. The molecule has 4 rings (SSSR count). The van der Waals surface area contributed by atoms with E-state index in [0.717, 1.165) is 8.95 Å². The van der Waals surface area contributed by atoms with Gasteiger partial charge < -0.3 is 5.11 Å². The van der Waals surface area contributed by atoms with E-state index in [4.69, 9.17) is 0 Å². The molecule has 0 aromatic heterocycles. The van der Waals surface area contributed by atoms with Crippen LogP contribution in [0.4, 0.5) is 11.4 Å². The number of hydrogen-bond donors (Lipinski definition) is 1. The number of halogens is 2. The Morgan fingerprint density at radius 3 is 1.94 bits per heavy atom. The van der Waals surface area contributed by atoms with Crippen molar-refractivity contribution in [2.45, 2.75) is 6.04 Å². The zero-order valence-corrected chi connectivity index (χ0v) is 19.4. The van der Waals surface area contributed by atoms with E-state index in [-0.39, 0.29) is 16.8 Å². The summed E-state index contributed by atoms with van der Waals surface area (Å²) in [4.78, 5) is 37.8. The minimum absolute atomic E-state index is 0.0888. The molecule has 1 aliphatic heterocycles. The number of anilines is 1. The Morgan fingerprint density at radius 1 is 0.875 bits per heavy atom. The van der Waals surface area contributed by atoms with Gasteiger partial charge in [-0.05, 0) is 54.1 Å². The zero-order chi connectivity index (χ0) is 23.0. The molecule has 3 aromatic carbocycles. The topological polar surface area (TPSA) is 101 Å². The Bertz CT molecular complexity index is 1250. The van der Waals surface area contributed by atoms with Crippen LogP contribution in [-0.4, -0.2) is 21.7 Å². The Morgan fingerprint density at radius 2 is 1.41 bits per heavy atom. The molecule has 1 unspecified atom stereocenters. The fraction of sp³-hybridized carbons (Fsp3) is 0.0435. The minimum Gasteiger partial charge on any atom is -0.507 e. The molecule has 1 saturated heterocycles. The third-order valence-corrected chi connectivity index (χ3v) is 6.14. The molecule has 1 amide bonds. The summed E-state index contributed by atoms with van der Waals surface area (Å²) in [6.07, 6.45) is 0. The average Bonchev–Trinajstić information content (AvgIpc) is 3.05. The van der Waals surface area contributed by atoms with Gasteiger partial charge in [0.25, 0.3) is 17.4 Å². The van der Waals surface area contributed by atoms with Crippen LogP contribution in [0.3, 0.4) is 0 Å². The maximum Gasteiger partial charge on any atom is 0.300 e. The lowest BCUT2D eigenvalue weighted by Crippen LogP contribution is -2.29. The molecule has 9 heteroatoms. The van der Waals surface area contributed by atoms with Crippen LogP contribution in [0.5, 0.6) is 0 Å². The first kappa shape index (κ1) is 21.9. The molecule has 3 aromatic rings. The van der Waals surface area contributed by atoms with Crippen LogP contribution in [0.2, 0.25) is 0 Å². The molecular formula is C23H14Br2N2O5. The van der Waals surface area contributed by atoms with Crippen molar-refractivity contribution >= 4 is 60.7 Å². The van der Waals surface area contributed by atoms with Crippen LogP contribution in [0, 0.1) is 10.1 Å². The van der Waals surface area contributed by atoms with Crippen LogP contribution < -0.4 is 4.90 Å². The summed E-state index contributed by atoms with van der Waals surface area (Å²) in [6.45, 7) is 0. The number of non-ortho nitro benzene ring substituents is 1. The van der Waals surface area contributed by atoms with Crippen molar-refractivity contribution < 1.29 is 19.6 Å². The van der Waals surface area contributed by atoms with Crippen molar-refractivity contribution in [1.82, 2.24) is 0 Å². The lowest BCUT2D eigenvalue weighted by molar-refractivity contribution is -0.384. The van der Waals surface area contributed by atoms with E-state index in [1.165, 1.54) is 29.2 Å². The van der Waals surface area contributed by atoms with Gasteiger partial charge in [0.15, 0.2) is 0 Å². The molecule has 1 heterocycles. The van der Waals surface area contributed by atoms with Gasteiger partial charge in [-0.25, -0.2) is 0 Å². The van der Waals surface area contributed by atoms with Gasteiger partial charge in [-0.15, -0.1) is 0 Å². The second kappa shape index (κ2) is 8.68. The van der Waals surface area contributed by atoms with E-state index in [1.54, 1.807) is 48.5 Å². The zero-order valence-electron chi connectivity index (χ0n) is 16.2. The number of benzene rings is 3. The third kappa shape index (κ3) is 3.96. The maximum absolute atomic E-state index is 13.1. The smallest absolute Gasteiger partial charge is 0.300 e. The van der Waals surface area contributed by atoms with Crippen LogP contribution in [-0.2, 0) is 9.59 Å². The lowest BCUT2D eigenvalue weighted by Gasteiger charge is -2.25. The van der Waals surface area contributed by atoms with E-state index in [2.05, 4.69) is 31.9 Å². The quantitative estimate of drug-likeness (QED) is 0.145. The first-order valence-corrected chi connectivity index (χ1v) is 10.9. The van der Waals surface area contributed by atoms with Crippen molar-refractivity contribution in [3.05, 3.63) is 109 Å². The predicted octanol–water partition coefficient (Wildman–Crippen LogP) is 5.75. The summed E-state index contributed by atoms with van der Waals surface area (Å²) in [5.41, 5.74) is 1.08. The largest absolute Gasteiger partial charge is 0.507 e. The monoisotopic (exact) mass is 556 g/mol. The number of rotatable bonds is 4. The molecule has 0 saturated carbocycles. The number of carbonyl (C=O) groups excluding carboxylic acids is 2. The van der Waals surface area contributed by atoms with E-state index in [1.807, 2.05) is 0 Å². The summed E-state index contributed by atoms with van der Waals surface area (Å²) in [5, 5.41) is 22.0. The fourth-order valence-corrected chi connectivity index (χ4v) is 4.09. The Labute approximate surface area is 199 Å². The molecule has 1 fully saturated rings. The number of aliphatic hydroxyl groups is 1. The predicted molar refractivity (Wildman–Crippen MR) is 126 cm³/mol. The van der Waals surface area contributed by atoms with Crippen LogP contribution >= 0.6 is 31.9 Å². The first-order valence-electron chi connectivity index (χ1n) is 9.35. The van der Waals surface area contributed by atoms with Crippen LogP contribution in [0.1, 0.15) is 17.2 Å². The van der Waals surface area contributed by atoms with Gasteiger partial charge in [-0.3, -0.25) is 24.6 Å². The fourth-order valence-electron chi connectivity index (χ4n) is 3.56. The number of hydrogen-bond acceptors (Lipinski definition) is 5. The normalized spacial score (nSPS) is 17.6. The molecule has 0 aliphatic carbocycles. The van der Waals surface area contributed by atoms with E-state index < -0.39 is 28.4 Å². The van der Waals surface area contributed by atoms with E-state index >= 15 is 0 Å². The molecule has 7 nitrogen and oxygen atoms in total. The number of ketones is 1. The lowest BCUT2D eigenvalue weighted by atomic mass is 9.95. The van der Waals surface area contributed by atoms with Gasteiger partial charge in [0.1, 0.15) is 5.76 Å². The number of nitrogens with zero attached hydrogens (tertiary/aromatic N) is 2. The van der Waals surface area contributed by atoms with Gasteiger partial charge >= 0.3 is 0 Å². The van der Waals surface area contributed by atoms with Gasteiger partial charge in [-0.2, -0.15) is 0 Å². The summed E-state index contributed by atoms with van der Waals surface area (Å²) in [7, 11) is 0. The number of Topliss-reactive ketones (excluding diaryl/α,β-unsaturated/α-hetero) is 1. The molecule has 0 bridgehead atoms. The van der Waals surface area contributed by atoms with Crippen LogP contribution in [0.15, 0.2) is 87.3 Å². The second-order valence-corrected chi connectivity index (χ2v) is 8.83. The highest BCUT2D eigenvalue weighted by Gasteiger charge is 2.46. The number of nitro groups is 1. The Hall–Kier alpha value is -3.30. The van der Waals surface area contributed by atoms with E-state index in [0.29, 0.717) is 11.3 Å². The third-order valence-electron chi connectivity index (χ3n) is 5.09. The highest BCUT2D eigenvalue weighted by atomic mass is 79.9. The van der Waals surface area contributed by atoms with Crippen molar-refractivity contribution in [3.63, 3.8) is 0 Å². The molecule has 1 atom stereocenters. The second-order valence-electron chi connectivity index (χ2n) is 7.00. The van der Waals surface area contributed by atoms with Gasteiger partial charge in [0.2, 0.25) is 0 Å². The highest BCUT2D eigenvalue weighted by molar-refractivity contribution is 9.10. The standard InChI is InChI=1S/C23H14Br2N2O5/c24-15-5-1-13(2-6-15)20-19(21(28)14-3-9-18(10-4-14)27(31)32)22(29)23(30)26(20)17-11-7-16(25)8-12-17/h1-12,20,28H/b21-19+. The van der Waals surface area contributed by atoms with Crippen molar-refractivity contribution in [1.29, 1.82) is 0 Å². The van der Waals surface area contributed by atoms with Gasteiger partial charge in [-0.1, -0.05) is 44.0 Å². The number of amides is 1. The molecule has 0 spiro atoms.